The maximum Gasteiger partial charge on any atom is 0.308 e. The van der Waals surface area contributed by atoms with E-state index in [4.69, 9.17) is 5.11 Å². The molecular weight excluding hydrogens is 201 g/mol. The molecule has 0 radical (unpaired) electrons. The highest BCUT2D eigenvalue weighted by molar-refractivity contribution is 5.70. The second-order valence-corrected chi connectivity index (χ2v) is 2.43. The number of phenolic OH excluding ortho intramolecular Hbond substituents is 1. The van der Waals surface area contributed by atoms with E-state index >= 15 is 0 Å². The summed E-state index contributed by atoms with van der Waals surface area (Å²) in [5, 5.41) is 8.92. The Kier molecular flexibility index (Phi) is 2.64. The molecule has 1 N–H and O–H groups in total. The molecule has 0 aliphatic rings. The third-order valence-corrected chi connectivity index (χ3v) is 1.34. The van der Waals surface area contributed by atoms with Crippen molar-refractivity contribution in [1.82, 2.24) is 0 Å². The van der Waals surface area contributed by atoms with Crippen LogP contribution in [0.4, 0.5) is 13.2 Å². The normalized spacial score (nSPS) is 10.0. The average Bonchev–Trinajstić information content (AvgIpc) is 2.09. The number of ether oxygens (including phenoxy) is 1. The molecule has 0 bridgehead atoms. The Balaban J connectivity index is 3.29. The van der Waals surface area contributed by atoms with Crippen molar-refractivity contribution in [3.63, 3.8) is 0 Å². The van der Waals surface area contributed by atoms with Crippen LogP contribution >= 0.6 is 0 Å². The fourth-order valence-electron chi connectivity index (χ4n) is 0.807. The SMILES string of the molecule is CC(=O)Oc1c(O)cc(F)c(F)c1F. The molecule has 0 aromatic heterocycles. The van der Waals surface area contributed by atoms with Crippen LogP contribution in [0.1, 0.15) is 6.92 Å². The highest BCUT2D eigenvalue weighted by Gasteiger charge is 2.20. The number of hydrogen-bond donors (Lipinski definition) is 1. The molecule has 0 saturated heterocycles. The largest absolute Gasteiger partial charge is 0.504 e. The summed E-state index contributed by atoms with van der Waals surface area (Å²) in [6.07, 6.45) is 0. The second kappa shape index (κ2) is 3.57. The first-order chi connectivity index (χ1) is 6.43. The average molecular weight is 206 g/mol. The van der Waals surface area contributed by atoms with Gasteiger partial charge in [-0.15, -0.1) is 0 Å². The van der Waals surface area contributed by atoms with Crippen LogP contribution in [0.25, 0.3) is 0 Å². The molecule has 0 aliphatic heterocycles. The van der Waals surface area contributed by atoms with E-state index in [0.29, 0.717) is 6.07 Å². The molecule has 3 nitrogen and oxygen atoms in total. The zero-order valence-corrected chi connectivity index (χ0v) is 6.97. The highest BCUT2D eigenvalue weighted by Crippen LogP contribution is 2.32. The molecule has 1 aromatic rings. The molecule has 0 amide bonds. The monoisotopic (exact) mass is 206 g/mol. The van der Waals surface area contributed by atoms with E-state index in [-0.39, 0.29) is 0 Å². The van der Waals surface area contributed by atoms with E-state index in [1.54, 1.807) is 0 Å². The van der Waals surface area contributed by atoms with Crippen LogP contribution in [0.2, 0.25) is 0 Å². The first-order valence-electron chi connectivity index (χ1n) is 3.48. The van der Waals surface area contributed by atoms with Gasteiger partial charge in [0.1, 0.15) is 0 Å². The molecule has 6 heteroatoms. The lowest BCUT2D eigenvalue weighted by molar-refractivity contribution is -0.132. The van der Waals surface area contributed by atoms with E-state index in [2.05, 4.69) is 4.74 Å². The number of benzene rings is 1. The minimum atomic E-state index is -1.81. The summed E-state index contributed by atoms with van der Waals surface area (Å²) >= 11 is 0. The lowest BCUT2D eigenvalue weighted by Gasteiger charge is -2.06. The molecular formula is C8H5F3O3. The minimum Gasteiger partial charge on any atom is -0.504 e. The number of aromatic hydroxyl groups is 1. The van der Waals surface area contributed by atoms with Crippen molar-refractivity contribution in [3.05, 3.63) is 23.5 Å². The molecule has 0 aliphatic carbocycles. The van der Waals surface area contributed by atoms with Gasteiger partial charge in [0.05, 0.1) is 0 Å². The van der Waals surface area contributed by atoms with Crippen molar-refractivity contribution >= 4 is 5.97 Å². The molecule has 1 rings (SSSR count). The van der Waals surface area contributed by atoms with E-state index in [1.165, 1.54) is 0 Å². The van der Waals surface area contributed by atoms with Crippen LogP contribution in [-0.4, -0.2) is 11.1 Å². The van der Waals surface area contributed by atoms with Gasteiger partial charge in [-0.05, 0) is 0 Å². The molecule has 0 saturated carbocycles. The van der Waals surface area contributed by atoms with E-state index in [9.17, 15) is 18.0 Å². The zero-order chi connectivity index (χ0) is 10.9. The van der Waals surface area contributed by atoms with Crippen LogP contribution in [0.15, 0.2) is 6.07 Å². The Morgan fingerprint density at radius 3 is 2.43 bits per heavy atom. The van der Waals surface area contributed by atoms with Crippen LogP contribution in [0.5, 0.6) is 11.5 Å². The second-order valence-electron chi connectivity index (χ2n) is 2.43. The topological polar surface area (TPSA) is 46.5 Å². The van der Waals surface area contributed by atoms with Crippen molar-refractivity contribution in [2.75, 3.05) is 0 Å². The van der Waals surface area contributed by atoms with Crippen molar-refractivity contribution in [2.24, 2.45) is 0 Å². The number of carbonyl (C=O) groups excluding carboxylic acids is 1. The van der Waals surface area contributed by atoms with Gasteiger partial charge in [0.2, 0.25) is 11.6 Å². The van der Waals surface area contributed by atoms with E-state index in [1.807, 2.05) is 0 Å². The maximum atomic E-state index is 12.8. The Bertz CT molecular complexity index is 390. The number of esters is 1. The Labute approximate surface area is 76.7 Å². The lowest BCUT2D eigenvalue weighted by atomic mass is 10.3. The molecule has 0 unspecified atom stereocenters. The molecule has 0 spiro atoms. The molecule has 0 atom stereocenters. The van der Waals surface area contributed by atoms with Crippen LogP contribution < -0.4 is 4.74 Å². The third-order valence-electron chi connectivity index (χ3n) is 1.34. The van der Waals surface area contributed by atoms with Crippen molar-refractivity contribution in [2.45, 2.75) is 6.92 Å². The maximum absolute atomic E-state index is 12.8. The summed E-state index contributed by atoms with van der Waals surface area (Å²) in [7, 11) is 0. The van der Waals surface area contributed by atoms with Gasteiger partial charge in [0, 0.05) is 13.0 Å². The lowest BCUT2D eigenvalue weighted by Crippen LogP contribution is -2.05. The van der Waals surface area contributed by atoms with Crippen LogP contribution in [-0.2, 0) is 4.79 Å². The van der Waals surface area contributed by atoms with E-state index in [0.717, 1.165) is 6.92 Å². The Morgan fingerprint density at radius 2 is 1.93 bits per heavy atom. The zero-order valence-electron chi connectivity index (χ0n) is 6.97. The molecule has 0 fully saturated rings. The standard InChI is InChI=1S/C8H5F3O3/c1-3(12)14-8-5(13)2-4(9)6(10)7(8)11/h2,13H,1H3. The summed E-state index contributed by atoms with van der Waals surface area (Å²) in [5.41, 5.74) is 0. The molecule has 76 valence electrons. The van der Waals surface area contributed by atoms with Crippen LogP contribution in [0.3, 0.4) is 0 Å². The smallest absolute Gasteiger partial charge is 0.308 e. The van der Waals surface area contributed by atoms with Gasteiger partial charge in [-0.3, -0.25) is 4.79 Å². The number of halogens is 3. The minimum absolute atomic E-state index is 0.316. The van der Waals surface area contributed by atoms with Gasteiger partial charge in [0.15, 0.2) is 17.4 Å². The predicted octanol–water partition coefficient (Wildman–Crippen LogP) is 1.73. The van der Waals surface area contributed by atoms with Crippen molar-refractivity contribution in [3.8, 4) is 11.5 Å². The Hall–Kier alpha value is -1.72. The fraction of sp³-hybridized carbons (Fsp3) is 0.125. The quantitative estimate of drug-likeness (QED) is 0.432. The molecule has 1 aromatic carbocycles. The van der Waals surface area contributed by atoms with Gasteiger partial charge in [-0.25, -0.2) is 8.78 Å². The van der Waals surface area contributed by atoms with Gasteiger partial charge in [-0.2, -0.15) is 4.39 Å². The number of hydrogen-bond acceptors (Lipinski definition) is 3. The van der Waals surface area contributed by atoms with Gasteiger partial charge in [0.25, 0.3) is 0 Å². The predicted molar refractivity (Wildman–Crippen MR) is 39.3 cm³/mol. The fourth-order valence-corrected chi connectivity index (χ4v) is 0.807. The molecule has 0 heterocycles. The van der Waals surface area contributed by atoms with Crippen molar-refractivity contribution in [1.29, 1.82) is 0 Å². The van der Waals surface area contributed by atoms with Crippen molar-refractivity contribution < 1.29 is 27.8 Å². The first-order valence-corrected chi connectivity index (χ1v) is 3.48. The van der Waals surface area contributed by atoms with Gasteiger partial charge >= 0.3 is 5.97 Å². The molecule has 14 heavy (non-hydrogen) atoms. The van der Waals surface area contributed by atoms with Crippen LogP contribution in [0, 0.1) is 17.5 Å². The van der Waals surface area contributed by atoms with Gasteiger partial charge in [-0.1, -0.05) is 0 Å². The third kappa shape index (κ3) is 1.78. The Morgan fingerprint density at radius 1 is 1.36 bits per heavy atom. The number of rotatable bonds is 1. The summed E-state index contributed by atoms with van der Waals surface area (Å²) in [5.74, 6) is -8.05. The summed E-state index contributed by atoms with van der Waals surface area (Å²) in [6, 6.07) is 0.316. The number of carbonyl (C=O) groups is 1. The van der Waals surface area contributed by atoms with Gasteiger partial charge < -0.3 is 9.84 Å². The first kappa shape index (κ1) is 10.4. The summed E-state index contributed by atoms with van der Waals surface area (Å²) in [6.45, 7) is 0.931. The van der Waals surface area contributed by atoms with E-state index < -0.39 is 34.9 Å². The summed E-state index contributed by atoms with van der Waals surface area (Å²) in [4.78, 5) is 10.4. The summed E-state index contributed by atoms with van der Waals surface area (Å²) < 4.78 is 42.0. The highest BCUT2D eigenvalue weighted by atomic mass is 19.2. The number of phenols is 1.